The normalized spacial score (nSPS) is 14.7. The fourth-order valence-corrected chi connectivity index (χ4v) is 4.91. The number of anilines is 2. The molecule has 1 aliphatic rings. The van der Waals surface area contributed by atoms with Gasteiger partial charge >= 0.3 is 0 Å². The van der Waals surface area contributed by atoms with E-state index in [1.165, 1.54) is 4.31 Å². The Kier molecular flexibility index (Phi) is 3.78. The molecule has 1 aliphatic heterocycles. The number of nitrogens with zero attached hydrogens (tertiary/aromatic N) is 1. The van der Waals surface area contributed by atoms with Gasteiger partial charge in [-0.2, -0.15) is 0 Å². The Labute approximate surface area is 135 Å². The zero-order valence-corrected chi connectivity index (χ0v) is 13.8. The van der Waals surface area contributed by atoms with Crippen molar-refractivity contribution in [2.45, 2.75) is 24.7 Å². The van der Waals surface area contributed by atoms with Crippen molar-refractivity contribution >= 4 is 33.0 Å². The molecule has 0 saturated heterocycles. The van der Waals surface area contributed by atoms with Crippen molar-refractivity contribution in [3.63, 3.8) is 0 Å². The lowest BCUT2D eigenvalue weighted by molar-refractivity contribution is 0.586. The number of benzene rings is 2. The van der Waals surface area contributed by atoms with Gasteiger partial charge in [0.25, 0.3) is 10.0 Å². The molecule has 0 aliphatic carbocycles. The molecule has 0 spiro atoms. The number of halogens is 1. The fourth-order valence-electron chi connectivity index (χ4n) is 2.80. The van der Waals surface area contributed by atoms with Gasteiger partial charge in [0.1, 0.15) is 4.90 Å². The van der Waals surface area contributed by atoms with E-state index in [2.05, 4.69) is 0 Å². The Morgan fingerprint density at radius 2 is 2.00 bits per heavy atom. The second-order valence-electron chi connectivity index (χ2n) is 5.46. The number of rotatable bonds is 2. The highest BCUT2D eigenvalue weighted by Gasteiger charge is 2.31. The minimum atomic E-state index is -3.69. The van der Waals surface area contributed by atoms with E-state index >= 15 is 0 Å². The zero-order valence-electron chi connectivity index (χ0n) is 12.2. The Balaban J connectivity index is 2.14. The number of fused-ring (bicyclic) bond motifs is 1. The van der Waals surface area contributed by atoms with Crippen LogP contribution in [0.3, 0.4) is 0 Å². The van der Waals surface area contributed by atoms with Gasteiger partial charge in [-0.3, -0.25) is 4.31 Å². The first-order valence-electron chi connectivity index (χ1n) is 7.07. The molecule has 0 atom stereocenters. The Morgan fingerprint density at radius 1 is 1.23 bits per heavy atom. The molecule has 2 N–H and O–H groups in total. The van der Waals surface area contributed by atoms with Crippen LogP contribution in [0.15, 0.2) is 41.3 Å². The van der Waals surface area contributed by atoms with Crippen molar-refractivity contribution in [2.75, 3.05) is 16.6 Å². The van der Waals surface area contributed by atoms with Crippen LogP contribution in [0.4, 0.5) is 11.4 Å². The summed E-state index contributed by atoms with van der Waals surface area (Å²) in [6.07, 6.45) is 1.53. The first-order chi connectivity index (χ1) is 10.4. The summed E-state index contributed by atoms with van der Waals surface area (Å²) in [7, 11) is -3.69. The van der Waals surface area contributed by atoms with Crippen LogP contribution >= 0.6 is 11.6 Å². The molecule has 1 heterocycles. The number of nitrogen functional groups attached to an aromatic ring is 1. The van der Waals surface area contributed by atoms with Crippen molar-refractivity contribution in [3.8, 4) is 0 Å². The predicted molar refractivity (Wildman–Crippen MR) is 89.9 cm³/mol. The molecule has 3 rings (SSSR count). The second kappa shape index (κ2) is 5.48. The number of nitrogens with two attached hydrogens (primary N) is 1. The van der Waals surface area contributed by atoms with Crippen LogP contribution in [0.5, 0.6) is 0 Å². The van der Waals surface area contributed by atoms with E-state index in [1.807, 2.05) is 6.92 Å². The molecule has 6 heteroatoms. The molecule has 2 aromatic rings. The Hall–Kier alpha value is -1.72. The summed E-state index contributed by atoms with van der Waals surface area (Å²) < 4.78 is 27.4. The van der Waals surface area contributed by atoms with Crippen LogP contribution in [0.1, 0.15) is 17.5 Å². The van der Waals surface area contributed by atoms with E-state index in [1.54, 1.807) is 36.4 Å². The minimum Gasteiger partial charge on any atom is -0.398 e. The predicted octanol–water partition coefficient (Wildman–Crippen LogP) is 3.37. The first kappa shape index (κ1) is 15.2. The third kappa shape index (κ3) is 2.44. The highest BCUT2D eigenvalue weighted by atomic mass is 35.5. The molecule has 2 aromatic carbocycles. The van der Waals surface area contributed by atoms with Crippen molar-refractivity contribution < 1.29 is 8.42 Å². The largest absolute Gasteiger partial charge is 0.398 e. The van der Waals surface area contributed by atoms with E-state index in [9.17, 15) is 8.42 Å². The van der Waals surface area contributed by atoms with Gasteiger partial charge in [0.2, 0.25) is 0 Å². The lowest BCUT2D eigenvalue weighted by atomic mass is 10.0. The molecule has 0 radical (unpaired) electrons. The second-order valence-corrected chi connectivity index (χ2v) is 7.70. The van der Waals surface area contributed by atoms with E-state index in [0.717, 1.165) is 24.0 Å². The average molecular weight is 337 g/mol. The number of hydrogen-bond acceptors (Lipinski definition) is 3. The quantitative estimate of drug-likeness (QED) is 0.855. The van der Waals surface area contributed by atoms with Crippen LogP contribution in [0.25, 0.3) is 0 Å². The van der Waals surface area contributed by atoms with Gasteiger partial charge in [-0.25, -0.2) is 8.42 Å². The summed E-state index contributed by atoms with van der Waals surface area (Å²) in [5.41, 5.74) is 9.09. The molecule has 0 bridgehead atoms. The first-order valence-corrected chi connectivity index (χ1v) is 8.89. The minimum absolute atomic E-state index is 0.134. The third-order valence-corrected chi connectivity index (χ3v) is 6.20. The third-order valence-electron chi connectivity index (χ3n) is 3.90. The molecule has 0 unspecified atom stereocenters. The topological polar surface area (TPSA) is 63.4 Å². The fraction of sp³-hybridized carbons (Fsp3) is 0.250. The standard InChI is InChI=1S/C16H17ClN2O2S/c1-11-7-8-16(13(17)10-11)22(20,21)19-9-3-4-12-14(18)5-2-6-15(12)19/h2,5-8,10H,3-4,9,18H2,1H3. The van der Waals surface area contributed by atoms with Gasteiger partial charge in [-0.05, 0) is 55.2 Å². The maximum atomic E-state index is 13.0. The zero-order chi connectivity index (χ0) is 15.9. The summed E-state index contributed by atoms with van der Waals surface area (Å²) in [5, 5.41) is 0.246. The molecule has 0 aromatic heterocycles. The van der Waals surface area contributed by atoms with E-state index in [4.69, 9.17) is 17.3 Å². The molecular weight excluding hydrogens is 320 g/mol. The van der Waals surface area contributed by atoms with Crippen molar-refractivity contribution in [2.24, 2.45) is 0 Å². The lowest BCUT2D eigenvalue weighted by Gasteiger charge is -2.31. The summed E-state index contributed by atoms with van der Waals surface area (Å²) in [5.74, 6) is 0. The van der Waals surface area contributed by atoms with Crippen LogP contribution in [-0.2, 0) is 16.4 Å². The van der Waals surface area contributed by atoms with Crippen molar-refractivity contribution in [1.29, 1.82) is 0 Å². The summed E-state index contributed by atoms with van der Waals surface area (Å²) in [4.78, 5) is 0.134. The molecular formula is C16H17ClN2O2S. The van der Waals surface area contributed by atoms with E-state index in [0.29, 0.717) is 17.9 Å². The Morgan fingerprint density at radius 3 is 2.73 bits per heavy atom. The van der Waals surface area contributed by atoms with Gasteiger partial charge in [0.05, 0.1) is 10.7 Å². The highest BCUT2D eigenvalue weighted by molar-refractivity contribution is 7.93. The SMILES string of the molecule is Cc1ccc(S(=O)(=O)N2CCCc3c(N)cccc32)c(Cl)c1. The highest BCUT2D eigenvalue weighted by Crippen LogP contribution is 2.36. The summed E-state index contributed by atoms with van der Waals surface area (Å²) in [6, 6.07) is 10.4. The molecule has 0 amide bonds. The van der Waals surface area contributed by atoms with Crippen LogP contribution in [0, 0.1) is 6.92 Å². The van der Waals surface area contributed by atoms with Crippen LogP contribution in [-0.4, -0.2) is 15.0 Å². The molecule has 0 fully saturated rings. The molecule has 116 valence electrons. The lowest BCUT2D eigenvalue weighted by Crippen LogP contribution is -2.35. The van der Waals surface area contributed by atoms with E-state index < -0.39 is 10.0 Å². The molecule has 22 heavy (non-hydrogen) atoms. The average Bonchev–Trinajstić information content (AvgIpc) is 2.46. The van der Waals surface area contributed by atoms with Gasteiger partial charge in [0.15, 0.2) is 0 Å². The van der Waals surface area contributed by atoms with Gasteiger partial charge in [-0.1, -0.05) is 23.7 Å². The van der Waals surface area contributed by atoms with Gasteiger partial charge in [0, 0.05) is 12.2 Å². The monoisotopic (exact) mass is 336 g/mol. The van der Waals surface area contributed by atoms with Crippen molar-refractivity contribution in [3.05, 3.63) is 52.5 Å². The van der Waals surface area contributed by atoms with Gasteiger partial charge in [-0.15, -0.1) is 0 Å². The number of sulfonamides is 1. The smallest absolute Gasteiger partial charge is 0.265 e. The number of aryl methyl sites for hydroxylation is 1. The van der Waals surface area contributed by atoms with Crippen LogP contribution < -0.4 is 10.0 Å². The van der Waals surface area contributed by atoms with Crippen molar-refractivity contribution in [1.82, 2.24) is 0 Å². The van der Waals surface area contributed by atoms with Gasteiger partial charge < -0.3 is 5.73 Å². The number of hydrogen-bond donors (Lipinski definition) is 1. The summed E-state index contributed by atoms with van der Waals surface area (Å²) in [6.45, 7) is 2.31. The van der Waals surface area contributed by atoms with E-state index in [-0.39, 0.29) is 9.92 Å². The Bertz CT molecular complexity index is 834. The van der Waals surface area contributed by atoms with Crippen LogP contribution in [0.2, 0.25) is 5.02 Å². The molecule has 4 nitrogen and oxygen atoms in total. The maximum Gasteiger partial charge on any atom is 0.265 e. The maximum absolute atomic E-state index is 13.0. The summed E-state index contributed by atoms with van der Waals surface area (Å²) >= 11 is 6.16. The molecule has 0 saturated carbocycles.